The summed E-state index contributed by atoms with van der Waals surface area (Å²) in [5.74, 6) is 0.700. The normalized spacial score (nSPS) is 18.2. The van der Waals surface area contributed by atoms with Gasteiger partial charge in [0, 0.05) is 23.7 Å². The lowest BCUT2D eigenvalue weighted by Gasteiger charge is -2.22. The Bertz CT molecular complexity index is 579. The fraction of sp³-hybridized carbons (Fsp3) is 0.600. The molecule has 1 aliphatic carbocycles. The Labute approximate surface area is 162 Å². The number of hydrogen-bond donors (Lipinski definition) is 3. The topological polar surface area (TPSA) is 70.2 Å². The van der Waals surface area contributed by atoms with Gasteiger partial charge in [-0.25, -0.2) is 0 Å². The lowest BCUT2D eigenvalue weighted by molar-refractivity contribution is -0.116. The SMILES string of the molecule is Cl.O=C(CCC1CCNCC1)Nc1ccc(C(=O)NC2CCCC2)cc1. The Morgan fingerprint density at radius 1 is 1.00 bits per heavy atom. The van der Waals surface area contributed by atoms with Gasteiger partial charge in [-0.2, -0.15) is 0 Å². The predicted molar refractivity (Wildman–Crippen MR) is 107 cm³/mol. The Kier molecular flexibility index (Phi) is 8.39. The number of carbonyl (C=O) groups excluding carboxylic acids is 2. The number of benzene rings is 1. The third kappa shape index (κ3) is 6.29. The Morgan fingerprint density at radius 3 is 2.31 bits per heavy atom. The van der Waals surface area contributed by atoms with E-state index in [1.807, 2.05) is 12.1 Å². The van der Waals surface area contributed by atoms with Crippen molar-refractivity contribution in [1.82, 2.24) is 10.6 Å². The van der Waals surface area contributed by atoms with Gasteiger partial charge in [-0.1, -0.05) is 12.8 Å². The summed E-state index contributed by atoms with van der Waals surface area (Å²) in [5, 5.41) is 9.36. The van der Waals surface area contributed by atoms with Gasteiger partial charge in [0.2, 0.25) is 5.91 Å². The summed E-state index contributed by atoms with van der Waals surface area (Å²) >= 11 is 0. The van der Waals surface area contributed by atoms with Crippen LogP contribution in [0.25, 0.3) is 0 Å². The van der Waals surface area contributed by atoms with Gasteiger partial charge in [0.15, 0.2) is 0 Å². The van der Waals surface area contributed by atoms with Crippen molar-refractivity contribution in [2.75, 3.05) is 18.4 Å². The second-order valence-corrected chi connectivity index (χ2v) is 7.31. The molecular weight excluding hydrogens is 350 g/mol. The molecule has 144 valence electrons. The molecule has 0 spiro atoms. The Hall–Kier alpha value is -1.59. The fourth-order valence-corrected chi connectivity index (χ4v) is 3.77. The van der Waals surface area contributed by atoms with Crippen LogP contribution in [0.2, 0.25) is 0 Å². The molecule has 0 bridgehead atoms. The molecule has 5 nitrogen and oxygen atoms in total. The van der Waals surface area contributed by atoms with Crippen LogP contribution in [0.15, 0.2) is 24.3 Å². The zero-order chi connectivity index (χ0) is 17.5. The number of hydrogen-bond acceptors (Lipinski definition) is 3. The summed E-state index contributed by atoms with van der Waals surface area (Å²) in [6, 6.07) is 7.51. The van der Waals surface area contributed by atoms with Crippen LogP contribution in [0.4, 0.5) is 5.69 Å². The fourth-order valence-electron chi connectivity index (χ4n) is 3.77. The number of anilines is 1. The Morgan fingerprint density at radius 2 is 1.65 bits per heavy atom. The molecule has 3 rings (SSSR count). The minimum absolute atomic E-state index is 0. The molecule has 1 aliphatic heterocycles. The van der Waals surface area contributed by atoms with E-state index in [0.29, 0.717) is 23.9 Å². The number of rotatable bonds is 6. The van der Waals surface area contributed by atoms with Crippen molar-refractivity contribution >= 4 is 29.9 Å². The highest BCUT2D eigenvalue weighted by atomic mass is 35.5. The largest absolute Gasteiger partial charge is 0.349 e. The molecule has 1 heterocycles. The van der Waals surface area contributed by atoms with Gasteiger partial charge in [-0.05, 0) is 75.4 Å². The zero-order valence-electron chi connectivity index (χ0n) is 15.3. The molecule has 1 aromatic rings. The maximum atomic E-state index is 12.2. The van der Waals surface area contributed by atoms with Gasteiger partial charge >= 0.3 is 0 Å². The highest BCUT2D eigenvalue weighted by Gasteiger charge is 2.18. The van der Waals surface area contributed by atoms with Crippen LogP contribution in [0.3, 0.4) is 0 Å². The van der Waals surface area contributed by atoms with E-state index in [2.05, 4.69) is 16.0 Å². The molecule has 6 heteroatoms. The quantitative estimate of drug-likeness (QED) is 0.708. The molecule has 1 saturated heterocycles. The maximum Gasteiger partial charge on any atom is 0.251 e. The van der Waals surface area contributed by atoms with E-state index in [9.17, 15) is 9.59 Å². The van der Waals surface area contributed by atoms with Crippen molar-refractivity contribution in [3.05, 3.63) is 29.8 Å². The summed E-state index contributed by atoms with van der Waals surface area (Å²) in [6.45, 7) is 2.13. The van der Waals surface area contributed by atoms with Gasteiger partial charge in [-0.3, -0.25) is 9.59 Å². The molecular formula is C20H30ClN3O2. The van der Waals surface area contributed by atoms with Crippen LogP contribution in [0.5, 0.6) is 0 Å². The Balaban J connectivity index is 0.00000243. The summed E-state index contributed by atoms with van der Waals surface area (Å²) in [6.07, 6.45) is 8.41. The van der Waals surface area contributed by atoms with E-state index in [-0.39, 0.29) is 24.2 Å². The van der Waals surface area contributed by atoms with Crippen LogP contribution in [-0.2, 0) is 4.79 Å². The first kappa shape index (κ1) is 20.7. The van der Waals surface area contributed by atoms with E-state index >= 15 is 0 Å². The molecule has 2 aliphatic rings. The molecule has 3 N–H and O–H groups in total. The molecule has 0 aromatic heterocycles. The maximum absolute atomic E-state index is 12.2. The van der Waals surface area contributed by atoms with Crippen molar-refractivity contribution in [3.63, 3.8) is 0 Å². The van der Waals surface area contributed by atoms with E-state index in [1.165, 1.54) is 12.8 Å². The molecule has 0 atom stereocenters. The van der Waals surface area contributed by atoms with Crippen molar-refractivity contribution in [2.24, 2.45) is 5.92 Å². The smallest absolute Gasteiger partial charge is 0.251 e. The van der Waals surface area contributed by atoms with Crippen molar-refractivity contribution in [1.29, 1.82) is 0 Å². The van der Waals surface area contributed by atoms with E-state index in [4.69, 9.17) is 0 Å². The number of carbonyl (C=O) groups is 2. The lowest BCUT2D eigenvalue weighted by Crippen LogP contribution is -2.32. The van der Waals surface area contributed by atoms with Crippen molar-refractivity contribution in [2.45, 2.75) is 57.4 Å². The van der Waals surface area contributed by atoms with E-state index in [0.717, 1.165) is 50.9 Å². The molecule has 0 unspecified atom stereocenters. The van der Waals surface area contributed by atoms with Gasteiger partial charge in [0.25, 0.3) is 5.91 Å². The highest BCUT2D eigenvalue weighted by molar-refractivity contribution is 5.96. The molecule has 1 saturated carbocycles. The van der Waals surface area contributed by atoms with Crippen molar-refractivity contribution in [3.8, 4) is 0 Å². The van der Waals surface area contributed by atoms with Crippen LogP contribution in [0, 0.1) is 5.92 Å². The van der Waals surface area contributed by atoms with Crippen LogP contribution in [-0.4, -0.2) is 30.9 Å². The third-order valence-corrected chi connectivity index (χ3v) is 5.36. The monoisotopic (exact) mass is 379 g/mol. The third-order valence-electron chi connectivity index (χ3n) is 5.36. The first-order valence-corrected chi connectivity index (χ1v) is 9.62. The number of piperidine rings is 1. The average Bonchev–Trinajstić information content (AvgIpc) is 3.14. The molecule has 1 aromatic carbocycles. The van der Waals surface area contributed by atoms with Gasteiger partial charge in [-0.15, -0.1) is 12.4 Å². The van der Waals surface area contributed by atoms with Gasteiger partial charge in [0.05, 0.1) is 0 Å². The summed E-state index contributed by atoms with van der Waals surface area (Å²) in [5.41, 5.74) is 1.41. The standard InChI is InChI=1S/C20H29N3O2.ClH/c24-19(10-5-15-11-13-21-14-12-15)22-18-8-6-16(7-9-18)20(25)23-17-3-1-2-4-17;/h6-9,15,17,21H,1-5,10-14H2,(H,22,24)(H,23,25);1H. The average molecular weight is 380 g/mol. The molecule has 26 heavy (non-hydrogen) atoms. The predicted octanol–water partition coefficient (Wildman–Crippen LogP) is 3.50. The molecule has 2 fully saturated rings. The zero-order valence-corrected chi connectivity index (χ0v) is 16.1. The highest BCUT2D eigenvalue weighted by Crippen LogP contribution is 2.20. The van der Waals surface area contributed by atoms with Gasteiger partial charge < -0.3 is 16.0 Å². The molecule has 2 amide bonds. The second kappa shape index (κ2) is 10.5. The van der Waals surface area contributed by atoms with Crippen LogP contribution >= 0.6 is 12.4 Å². The van der Waals surface area contributed by atoms with Crippen molar-refractivity contribution < 1.29 is 9.59 Å². The second-order valence-electron chi connectivity index (χ2n) is 7.31. The minimum atomic E-state index is -0.0179. The first-order chi connectivity index (χ1) is 12.2. The van der Waals surface area contributed by atoms with E-state index in [1.54, 1.807) is 12.1 Å². The van der Waals surface area contributed by atoms with E-state index < -0.39 is 0 Å². The van der Waals surface area contributed by atoms with Crippen LogP contribution in [0.1, 0.15) is 61.7 Å². The number of amides is 2. The first-order valence-electron chi connectivity index (χ1n) is 9.62. The minimum Gasteiger partial charge on any atom is -0.349 e. The summed E-state index contributed by atoms with van der Waals surface area (Å²) in [4.78, 5) is 24.3. The number of halogens is 1. The lowest BCUT2D eigenvalue weighted by atomic mass is 9.93. The number of nitrogens with one attached hydrogen (secondary N) is 3. The summed E-state index contributed by atoms with van der Waals surface area (Å²) in [7, 11) is 0. The van der Waals surface area contributed by atoms with Crippen LogP contribution < -0.4 is 16.0 Å². The molecule has 0 radical (unpaired) electrons. The summed E-state index contributed by atoms with van der Waals surface area (Å²) < 4.78 is 0. The van der Waals surface area contributed by atoms with Gasteiger partial charge in [0.1, 0.15) is 0 Å².